The standard InChI is InChI=1S/C9H19NO/c1-3-9(11)6-7(2)4-5-8(9)10/h7-8,11H,3-6,10H2,1-2H3/t7-,8?,9?/m1/s1. The number of hydrogen-bond acceptors (Lipinski definition) is 2. The molecule has 0 aromatic rings. The van der Waals surface area contributed by atoms with E-state index in [1.165, 1.54) is 6.42 Å². The van der Waals surface area contributed by atoms with Gasteiger partial charge in [0, 0.05) is 6.04 Å². The van der Waals surface area contributed by atoms with E-state index in [1.54, 1.807) is 0 Å². The zero-order chi connectivity index (χ0) is 8.48. The lowest BCUT2D eigenvalue weighted by Gasteiger charge is -2.40. The molecule has 2 nitrogen and oxygen atoms in total. The molecule has 0 radical (unpaired) electrons. The predicted octanol–water partition coefficient (Wildman–Crippen LogP) is 1.27. The van der Waals surface area contributed by atoms with Crippen LogP contribution in [0.5, 0.6) is 0 Å². The zero-order valence-electron chi connectivity index (χ0n) is 7.51. The molecule has 0 aromatic heterocycles. The van der Waals surface area contributed by atoms with E-state index in [0.29, 0.717) is 5.92 Å². The minimum absolute atomic E-state index is 0.00343. The normalized spacial score (nSPS) is 45.8. The van der Waals surface area contributed by atoms with Crippen molar-refractivity contribution in [2.45, 2.75) is 51.2 Å². The van der Waals surface area contributed by atoms with Crippen LogP contribution in [0.25, 0.3) is 0 Å². The van der Waals surface area contributed by atoms with Crippen molar-refractivity contribution < 1.29 is 5.11 Å². The van der Waals surface area contributed by atoms with Crippen molar-refractivity contribution in [1.29, 1.82) is 0 Å². The number of rotatable bonds is 1. The summed E-state index contributed by atoms with van der Waals surface area (Å²) in [6.07, 6.45) is 3.82. The third-order valence-corrected chi connectivity index (χ3v) is 2.97. The summed E-state index contributed by atoms with van der Waals surface area (Å²) in [6.45, 7) is 4.20. The minimum Gasteiger partial charge on any atom is -0.388 e. The van der Waals surface area contributed by atoms with E-state index in [4.69, 9.17) is 5.73 Å². The van der Waals surface area contributed by atoms with Crippen molar-refractivity contribution in [3.05, 3.63) is 0 Å². The molecule has 11 heavy (non-hydrogen) atoms. The fourth-order valence-electron chi connectivity index (χ4n) is 2.00. The summed E-state index contributed by atoms with van der Waals surface area (Å²) in [4.78, 5) is 0. The Hall–Kier alpha value is -0.0800. The summed E-state index contributed by atoms with van der Waals surface area (Å²) >= 11 is 0. The van der Waals surface area contributed by atoms with Gasteiger partial charge in [-0.1, -0.05) is 13.8 Å². The van der Waals surface area contributed by atoms with Crippen LogP contribution >= 0.6 is 0 Å². The Labute approximate surface area is 68.8 Å². The smallest absolute Gasteiger partial charge is 0.0797 e. The second-order valence-corrected chi connectivity index (χ2v) is 3.95. The van der Waals surface area contributed by atoms with Gasteiger partial charge in [-0.2, -0.15) is 0 Å². The molecule has 0 amide bonds. The number of hydrogen-bond donors (Lipinski definition) is 2. The van der Waals surface area contributed by atoms with Gasteiger partial charge in [0.25, 0.3) is 0 Å². The van der Waals surface area contributed by atoms with E-state index in [2.05, 4.69) is 6.92 Å². The second-order valence-electron chi connectivity index (χ2n) is 3.95. The van der Waals surface area contributed by atoms with E-state index in [9.17, 15) is 5.11 Å². The molecule has 1 aliphatic rings. The highest BCUT2D eigenvalue weighted by Crippen LogP contribution is 2.33. The van der Waals surface area contributed by atoms with Crippen molar-refractivity contribution in [3.8, 4) is 0 Å². The molecule has 0 saturated heterocycles. The Kier molecular flexibility index (Phi) is 2.55. The Morgan fingerprint density at radius 2 is 2.18 bits per heavy atom. The molecule has 1 aliphatic carbocycles. The zero-order valence-corrected chi connectivity index (χ0v) is 7.51. The summed E-state index contributed by atoms with van der Waals surface area (Å²) in [5, 5.41) is 9.99. The Morgan fingerprint density at radius 1 is 1.55 bits per heavy atom. The minimum atomic E-state index is -0.572. The third kappa shape index (κ3) is 1.74. The summed E-state index contributed by atoms with van der Waals surface area (Å²) in [6, 6.07) is 0.00343. The number of aliphatic hydroxyl groups is 1. The fourth-order valence-corrected chi connectivity index (χ4v) is 2.00. The number of nitrogens with two attached hydrogens (primary N) is 1. The van der Waals surface area contributed by atoms with E-state index >= 15 is 0 Å². The van der Waals surface area contributed by atoms with Gasteiger partial charge in [0.1, 0.15) is 0 Å². The molecule has 2 unspecified atom stereocenters. The Bertz CT molecular complexity index is 138. The lowest BCUT2D eigenvalue weighted by Crippen LogP contribution is -2.51. The molecule has 0 aliphatic heterocycles. The molecule has 0 heterocycles. The van der Waals surface area contributed by atoms with Crippen LogP contribution in [0, 0.1) is 5.92 Å². The van der Waals surface area contributed by atoms with Gasteiger partial charge in [-0.15, -0.1) is 0 Å². The van der Waals surface area contributed by atoms with Crippen molar-refractivity contribution in [1.82, 2.24) is 0 Å². The van der Waals surface area contributed by atoms with Crippen LogP contribution in [0.3, 0.4) is 0 Å². The SMILES string of the molecule is CCC1(O)C[C@H](C)CCC1N. The van der Waals surface area contributed by atoms with Gasteiger partial charge < -0.3 is 10.8 Å². The van der Waals surface area contributed by atoms with Gasteiger partial charge in [0.2, 0.25) is 0 Å². The van der Waals surface area contributed by atoms with Crippen molar-refractivity contribution in [2.24, 2.45) is 11.7 Å². The molecule has 0 aromatic carbocycles. The molecule has 0 spiro atoms. The Morgan fingerprint density at radius 3 is 2.64 bits per heavy atom. The molecular formula is C9H19NO. The highest BCUT2D eigenvalue weighted by molar-refractivity contribution is 4.93. The molecule has 1 fully saturated rings. The predicted molar refractivity (Wildman–Crippen MR) is 46.2 cm³/mol. The fraction of sp³-hybridized carbons (Fsp3) is 1.00. The molecule has 66 valence electrons. The van der Waals surface area contributed by atoms with Crippen molar-refractivity contribution in [2.75, 3.05) is 0 Å². The van der Waals surface area contributed by atoms with Crippen LogP contribution < -0.4 is 5.73 Å². The maximum Gasteiger partial charge on any atom is 0.0797 e. The molecule has 1 rings (SSSR count). The van der Waals surface area contributed by atoms with Gasteiger partial charge >= 0.3 is 0 Å². The van der Waals surface area contributed by atoms with Gasteiger partial charge in [-0.25, -0.2) is 0 Å². The largest absolute Gasteiger partial charge is 0.388 e. The second kappa shape index (κ2) is 3.11. The van der Waals surface area contributed by atoms with E-state index in [-0.39, 0.29) is 6.04 Å². The molecule has 3 atom stereocenters. The van der Waals surface area contributed by atoms with Crippen LogP contribution in [-0.4, -0.2) is 16.7 Å². The third-order valence-electron chi connectivity index (χ3n) is 2.97. The Balaban J connectivity index is 2.60. The van der Waals surface area contributed by atoms with Gasteiger partial charge in [0.15, 0.2) is 0 Å². The summed E-state index contributed by atoms with van der Waals surface area (Å²) in [7, 11) is 0. The van der Waals surface area contributed by atoms with E-state index in [1.807, 2.05) is 6.92 Å². The maximum absolute atomic E-state index is 9.99. The molecule has 0 bridgehead atoms. The van der Waals surface area contributed by atoms with Crippen molar-refractivity contribution in [3.63, 3.8) is 0 Å². The first-order valence-corrected chi connectivity index (χ1v) is 4.56. The van der Waals surface area contributed by atoms with E-state index < -0.39 is 5.60 Å². The monoisotopic (exact) mass is 157 g/mol. The first kappa shape index (κ1) is 9.01. The van der Waals surface area contributed by atoms with Crippen LogP contribution in [0.2, 0.25) is 0 Å². The average Bonchev–Trinajstić information content (AvgIpc) is 1.98. The van der Waals surface area contributed by atoms with Crippen LogP contribution in [0.4, 0.5) is 0 Å². The highest BCUT2D eigenvalue weighted by Gasteiger charge is 2.37. The van der Waals surface area contributed by atoms with E-state index in [0.717, 1.165) is 19.3 Å². The highest BCUT2D eigenvalue weighted by atomic mass is 16.3. The summed E-state index contributed by atoms with van der Waals surface area (Å²) in [5.74, 6) is 0.639. The van der Waals surface area contributed by atoms with Gasteiger partial charge in [-0.05, 0) is 31.6 Å². The van der Waals surface area contributed by atoms with Crippen LogP contribution in [-0.2, 0) is 0 Å². The lowest BCUT2D eigenvalue weighted by molar-refractivity contribution is -0.0332. The maximum atomic E-state index is 9.99. The average molecular weight is 157 g/mol. The summed E-state index contributed by atoms with van der Waals surface area (Å²) in [5.41, 5.74) is 5.26. The summed E-state index contributed by atoms with van der Waals surface area (Å²) < 4.78 is 0. The van der Waals surface area contributed by atoms with Crippen LogP contribution in [0.15, 0.2) is 0 Å². The first-order chi connectivity index (χ1) is 5.08. The lowest BCUT2D eigenvalue weighted by atomic mass is 9.74. The topological polar surface area (TPSA) is 46.2 Å². The molecular weight excluding hydrogens is 138 g/mol. The first-order valence-electron chi connectivity index (χ1n) is 4.56. The molecule has 3 N–H and O–H groups in total. The van der Waals surface area contributed by atoms with Crippen LogP contribution in [0.1, 0.15) is 39.5 Å². The molecule has 2 heteroatoms. The van der Waals surface area contributed by atoms with Gasteiger partial charge in [0.05, 0.1) is 5.60 Å². The molecule has 1 saturated carbocycles. The quantitative estimate of drug-likeness (QED) is 0.602. The van der Waals surface area contributed by atoms with Gasteiger partial charge in [-0.3, -0.25) is 0 Å². The van der Waals surface area contributed by atoms with Crippen molar-refractivity contribution >= 4 is 0 Å².